The molecule has 0 saturated heterocycles. The smallest absolute Gasteiger partial charge is 0.257 e. The van der Waals surface area contributed by atoms with Crippen LogP contribution in [0.15, 0.2) is 67.3 Å². The highest BCUT2D eigenvalue weighted by Crippen LogP contribution is 2.17. The molecule has 1 N–H and O–H groups in total. The number of aromatic nitrogens is 2. The van der Waals surface area contributed by atoms with E-state index >= 15 is 0 Å². The van der Waals surface area contributed by atoms with Gasteiger partial charge in [-0.1, -0.05) is 36.4 Å². The van der Waals surface area contributed by atoms with Crippen molar-refractivity contribution in [2.75, 3.05) is 13.2 Å². The number of benzene rings is 2. The summed E-state index contributed by atoms with van der Waals surface area (Å²) in [6, 6.07) is 17.4. The summed E-state index contributed by atoms with van der Waals surface area (Å²) >= 11 is 0. The van der Waals surface area contributed by atoms with Crippen LogP contribution in [0.5, 0.6) is 5.75 Å². The Balaban J connectivity index is 1.47. The standard InChI is InChI=1S/C21H23N3O2/c1-2-15-24-19-12-7-6-11-18(19)23-20(24)13-8-14-22-21(25)16-26-17-9-4-3-5-10-17/h2-7,9-12H,1,8,13-16H2,(H,22,25). The van der Waals surface area contributed by atoms with Gasteiger partial charge in [0.2, 0.25) is 0 Å². The minimum Gasteiger partial charge on any atom is -0.484 e. The Morgan fingerprint density at radius 2 is 1.92 bits per heavy atom. The number of ether oxygens (including phenoxy) is 1. The maximum Gasteiger partial charge on any atom is 0.257 e. The molecule has 1 aromatic heterocycles. The Bertz CT molecular complexity index is 871. The molecule has 26 heavy (non-hydrogen) atoms. The van der Waals surface area contributed by atoms with Gasteiger partial charge in [-0.25, -0.2) is 4.98 Å². The second-order valence-corrected chi connectivity index (χ2v) is 5.97. The van der Waals surface area contributed by atoms with Crippen LogP contribution in [0.3, 0.4) is 0 Å². The second-order valence-electron chi connectivity index (χ2n) is 5.97. The van der Waals surface area contributed by atoms with Crippen LogP contribution in [0.2, 0.25) is 0 Å². The van der Waals surface area contributed by atoms with Crippen LogP contribution < -0.4 is 10.1 Å². The quantitative estimate of drug-likeness (QED) is 0.476. The maximum atomic E-state index is 11.9. The normalized spacial score (nSPS) is 10.6. The molecule has 0 bridgehead atoms. The fourth-order valence-electron chi connectivity index (χ4n) is 2.84. The van der Waals surface area contributed by atoms with Gasteiger partial charge in [0.1, 0.15) is 11.6 Å². The monoisotopic (exact) mass is 349 g/mol. The van der Waals surface area contributed by atoms with Crippen molar-refractivity contribution in [2.45, 2.75) is 19.4 Å². The summed E-state index contributed by atoms with van der Waals surface area (Å²) in [6.07, 6.45) is 3.49. The molecular weight excluding hydrogens is 326 g/mol. The third-order valence-corrected chi connectivity index (χ3v) is 4.06. The zero-order valence-electron chi connectivity index (χ0n) is 14.7. The number of rotatable bonds is 9. The Kier molecular flexibility index (Phi) is 6.04. The second kappa shape index (κ2) is 8.85. The minimum absolute atomic E-state index is 0.0268. The fourth-order valence-corrected chi connectivity index (χ4v) is 2.84. The Morgan fingerprint density at radius 3 is 2.73 bits per heavy atom. The van der Waals surface area contributed by atoms with E-state index in [1.807, 2.05) is 54.6 Å². The number of nitrogens with one attached hydrogen (secondary N) is 1. The van der Waals surface area contributed by atoms with Gasteiger partial charge in [0.25, 0.3) is 5.91 Å². The highest BCUT2D eigenvalue weighted by Gasteiger charge is 2.09. The summed E-state index contributed by atoms with van der Waals surface area (Å²) in [4.78, 5) is 16.6. The van der Waals surface area contributed by atoms with Gasteiger partial charge in [0.15, 0.2) is 6.61 Å². The molecule has 0 fully saturated rings. The largest absolute Gasteiger partial charge is 0.484 e. The van der Waals surface area contributed by atoms with Crippen molar-refractivity contribution in [3.8, 4) is 5.75 Å². The lowest BCUT2D eigenvalue weighted by Crippen LogP contribution is -2.30. The lowest BCUT2D eigenvalue weighted by atomic mass is 10.3. The van der Waals surface area contributed by atoms with Crippen molar-refractivity contribution in [1.29, 1.82) is 0 Å². The van der Waals surface area contributed by atoms with Crippen LogP contribution in [0.25, 0.3) is 11.0 Å². The minimum atomic E-state index is -0.117. The molecule has 0 atom stereocenters. The molecule has 5 nitrogen and oxygen atoms in total. The summed E-state index contributed by atoms with van der Waals surface area (Å²) in [5.41, 5.74) is 2.10. The first-order valence-electron chi connectivity index (χ1n) is 8.77. The number of carbonyl (C=O) groups excluding carboxylic acids is 1. The number of hydrogen-bond donors (Lipinski definition) is 1. The Morgan fingerprint density at radius 1 is 1.15 bits per heavy atom. The SMILES string of the molecule is C=CCn1c(CCCNC(=O)COc2ccccc2)nc2ccccc21. The van der Waals surface area contributed by atoms with E-state index in [1.54, 1.807) is 0 Å². The molecular formula is C21H23N3O2. The van der Waals surface area contributed by atoms with E-state index in [4.69, 9.17) is 9.72 Å². The molecule has 0 unspecified atom stereocenters. The zero-order chi connectivity index (χ0) is 18.2. The number of para-hydroxylation sites is 3. The molecule has 5 heteroatoms. The molecule has 3 aromatic rings. The number of aryl methyl sites for hydroxylation is 1. The average molecular weight is 349 g/mol. The number of fused-ring (bicyclic) bond motifs is 1. The molecule has 0 aliphatic rings. The molecule has 1 heterocycles. The van der Waals surface area contributed by atoms with E-state index < -0.39 is 0 Å². The third kappa shape index (κ3) is 4.51. The van der Waals surface area contributed by atoms with Crippen LogP contribution in [0.1, 0.15) is 12.2 Å². The summed E-state index contributed by atoms with van der Waals surface area (Å²) < 4.78 is 7.60. The molecule has 1 amide bonds. The first kappa shape index (κ1) is 17.7. The number of hydrogen-bond acceptors (Lipinski definition) is 3. The Labute approximate surface area is 153 Å². The summed E-state index contributed by atoms with van der Waals surface area (Å²) in [5, 5.41) is 2.89. The van der Waals surface area contributed by atoms with Crippen molar-refractivity contribution >= 4 is 16.9 Å². The van der Waals surface area contributed by atoms with E-state index in [2.05, 4.69) is 22.5 Å². The van der Waals surface area contributed by atoms with Gasteiger partial charge in [0, 0.05) is 19.5 Å². The first-order chi connectivity index (χ1) is 12.8. The summed E-state index contributed by atoms with van der Waals surface area (Å²) in [6.45, 7) is 5.18. The van der Waals surface area contributed by atoms with Crippen molar-refractivity contribution in [3.63, 3.8) is 0 Å². The van der Waals surface area contributed by atoms with Crippen LogP contribution in [0.4, 0.5) is 0 Å². The molecule has 0 spiro atoms. The lowest BCUT2D eigenvalue weighted by Gasteiger charge is -2.08. The number of imidazole rings is 1. The fraction of sp³-hybridized carbons (Fsp3) is 0.238. The predicted octanol–water partition coefficient (Wildman–Crippen LogP) is 3.35. The topological polar surface area (TPSA) is 56.2 Å². The van der Waals surface area contributed by atoms with Crippen molar-refractivity contribution in [1.82, 2.24) is 14.9 Å². The third-order valence-electron chi connectivity index (χ3n) is 4.06. The van der Waals surface area contributed by atoms with Crippen molar-refractivity contribution < 1.29 is 9.53 Å². The Hall–Kier alpha value is -3.08. The molecule has 134 valence electrons. The maximum absolute atomic E-state index is 11.9. The molecule has 0 radical (unpaired) electrons. The van der Waals surface area contributed by atoms with Gasteiger partial charge >= 0.3 is 0 Å². The van der Waals surface area contributed by atoms with Crippen LogP contribution in [0, 0.1) is 0 Å². The molecule has 2 aromatic carbocycles. The van der Waals surface area contributed by atoms with E-state index in [9.17, 15) is 4.79 Å². The number of amides is 1. The van der Waals surface area contributed by atoms with Gasteiger partial charge in [0.05, 0.1) is 11.0 Å². The zero-order valence-corrected chi connectivity index (χ0v) is 14.7. The van der Waals surface area contributed by atoms with E-state index in [0.29, 0.717) is 12.3 Å². The van der Waals surface area contributed by atoms with Crippen LogP contribution in [-0.2, 0) is 17.8 Å². The van der Waals surface area contributed by atoms with Gasteiger partial charge in [-0.15, -0.1) is 6.58 Å². The summed E-state index contributed by atoms with van der Waals surface area (Å²) in [5.74, 6) is 1.59. The van der Waals surface area contributed by atoms with Crippen molar-refractivity contribution in [2.24, 2.45) is 0 Å². The van der Waals surface area contributed by atoms with Crippen LogP contribution in [-0.4, -0.2) is 28.6 Å². The first-order valence-corrected chi connectivity index (χ1v) is 8.77. The van der Waals surface area contributed by atoms with Gasteiger partial charge in [-0.3, -0.25) is 4.79 Å². The number of nitrogens with zero attached hydrogens (tertiary/aromatic N) is 2. The van der Waals surface area contributed by atoms with Crippen molar-refractivity contribution in [3.05, 3.63) is 73.1 Å². The molecule has 3 rings (SSSR count). The van der Waals surface area contributed by atoms with E-state index in [-0.39, 0.29) is 12.5 Å². The number of allylic oxidation sites excluding steroid dienone is 1. The molecule has 0 saturated carbocycles. The van der Waals surface area contributed by atoms with E-state index in [1.165, 1.54) is 0 Å². The lowest BCUT2D eigenvalue weighted by molar-refractivity contribution is -0.123. The van der Waals surface area contributed by atoms with Gasteiger partial charge < -0.3 is 14.6 Å². The van der Waals surface area contributed by atoms with Gasteiger partial charge in [-0.2, -0.15) is 0 Å². The molecule has 0 aliphatic carbocycles. The summed E-state index contributed by atoms with van der Waals surface area (Å²) in [7, 11) is 0. The number of carbonyl (C=O) groups is 1. The molecule has 0 aliphatic heterocycles. The van der Waals surface area contributed by atoms with Gasteiger partial charge in [-0.05, 0) is 30.7 Å². The average Bonchev–Trinajstić information content (AvgIpc) is 3.02. The van der Waals surface area contributed by atoms with Crippen LogP contribution >= 0.6 is 0 Å². The van der Waals surface area contributed by atoms with E-state index in [0.717, 1.165) is 36.2 Å². The highest BCUT2D eigenvalue weighted by molar-refractivity contribution is 5.77. The predicted molar refractivity (Wildman–Crippen MR) is 103 cm³/mol. The highest BCUT2D eigenvalue weighted by atomic mass is 16.5.